The van der Waals surface area contributed by atoms with Crippen LogP contribution in [0.4, 0.5) is 0 Å². The van der Waals surface area contributed by atoms with Crippen LogP contribution in [0.25, 0.3) is 0 Å². The van der Waals surface area contributed by atoms with E-state index in [1.165, 1.54) is 0 Å². The van der Waals surface area contributed by atoms with E-state index in [2.05, 4.69) is 20.2 Å². The number of allylic oxidation sites excluding steroid dienone is 1. The molecular weight excluding hydrogens is 176 g/mol. The molecule has 1 aromatic heterocycles. The predicted octanol–water partition coefficient (Wildman–Crippen LogP) is 2.34. The van der Waals surface area contributed by atoms with E-state index in [4.69, 9.17) is 0 Å². The predicted molar refractivity (Wildman–Crippen MR) is 53.8 cm³/mol. The highest BCUT2D eigenvalue weighted by molar-refractivity contribution is 5.79. The van der Waals surface area contributed by atoms with Crippen LogP contribution in [0.3, 0.4) is 0 Å². The van der Waals surface area contributed by atoms with Crippen LogP contribution < -0.4 is 0 Å². The highest BCUT2D eigenvalue weighted by Crippen LogP contribution is 2.22. The summed E-state index contributed by atoms with van der Waals surface area (Å²) in [6, 6.07) is 5.72. The molecule has 0 amide bonds. The molecule has 4 heteroatoms. The number of nitrogens with zero attached hydrogens (tertiary/aromatic N) is 4. The van der Waals surface area contributed by atoms with Gasteiger partial charge in [0.05, 0.1) is 6.20 Å². The van der Waals surface area contributed by atoms with Crippen molar-refractivity contribution in [1.82, 2.24) is 4.98 Å². The average molecular weight is 184 g/mol. The Hall–Kier alpha value is -2.10. The van der Waals surface area contributed by atoms with Crippen LogP contribution in [0.15, 0.2) is 69.5 Å². The molecule has 3 heterocycles. The maximum atomic E-state index is 3.95. The molecule has 2 aliphatic rings. The SMILES string of the molecule is C1=NC2=CN=NC2=C1.c1ccncc1. The highest BCUT2D eigenvalue weighted by Gasteiger charge is 2.09. The van der Waals surface area contributed by atoms with Gasteiger partial charge in [-0.15, -0.1) is 5.11 Å². The summed E-state index contributed by atoms with van der Waals surface area (Å²) >= 11 is 0. The van der Waals surface area contributed by atoms with Crippen LogP contribution >= 0.6 is 0 Å². The lowest BCUT2D eigenvalue weighted by Crippen LogP contribution is -1.66. The Morgan fingerprint density at radius 2 is 1.79 bits per heavy atom. The van der Waals surface area contributed by atoms with Crippen molar-refractivity contribution in [2.24, 2.45) is 15.2 Å². The molecule has 0 atom stereocenters. The number of hydrogen-bond donors (Lipinski definition) is 0. The van der Waals surface area contributed by atoms with Crippen molar-refractivity contribution in [3.8, 4) is 0 Å². The molecule has 3 rings (SSSR count). The number of rotatable bonds is 0. The van der Waals surface area contributed by atoms with Crippen molar-refractivity contribution in [3.05, 3.63) is 54.3 Å². The number of azo groups is 1. The van der Waals surface area contributed by atoms with E-state index in [9.17, 15) is 0 Å². The van der Waals surface area contributed by atoms with E-state index in [0.717, 1.165) is 11.4 Å². The highest BCUT2D eigenvalue weighted by atomic mass is 15.2. The Balaban J connectivity index is 0.000000112. The van der Waals surface area contributed by atoms with Gasteiger partial charge >= 0.3 is 0 Å². The van der Waals surface area contributed by atoms with Gasteiger partial charge in [-0.25, -0.2) is 0 Å². The lowest BCUT2D eigenvalue weighted by molar-refractivity contribution is 1.23. The molecule has 0 bridgehead atoms. The minimum Gasteiger partial charge on any atom is -0.265 e. The van der Waals surface area contributed by atoms with E-state index >= 15 is 0 Å². The quantitative estimate of drug-likeness (QED) is 0.610. The van der Waals surface area contributed by atoms with E-state index in [0.29, 0.717) is 0 Å². The Morgan fingerprint density at radius 3 is 2.36 bits per heavy atom. The smallest absolute Gasteiger partial charge is 0.114 e. The molecule has 1 aromatic rings. The maximum absolute atomic E-state index is 3.95. The maximum Gasteiger partial charge on any atom is 0.114 e. The van der Waals surface area contributed by atoms with Gasteiger partial charge in [0.1, 0.15) is 11.4 Å². The zero-order chi connectivity index (χ0) is 9.64. The first-order valence-corrected chi connectivity index (χ1v) is 4.17. The van der Waals surface area contributed by atoms with Gasteiger partial charge in [-0.3, -0.25) is 9.98 Å². The molecule has 0 N–H and O–H groups in total. The van der Waals surface area contributed by atoms with Gasteiger partial charge in [-0.05, 0) is 18.2 Å². The molecule has 4 nitrogen and oxygen atoms in total. The molecule has 0 radical (unpaired) electrons. The van der Waals surface area contributed by atoms with Crippen LogP contribution in [0, 0.1) is 0 Å². The summed E-state index contributed by atoms with van der Waals surface area (Å²) in [5.41, 5.74) is 1.76. The van der Waals surface area contributed by atoms with Gasteiger partial charge < -0.3 is 0 Å². The Bertz CT molecular complexity index is 362. The fourth-order valence-corrected chi connectivity index (χ4v) is 0.982. The van der Waals surface area contributed by atoms with Crippen LogP contribution in [0.5, 0.6) is 0 Å². The number of fused-ring (bicyclic) bond motifs is 1. The molecule has 0 aromatic carbocycles. The van der Waals surface area contributed by atoms with E-state index in [1.807, 2.05) is 24.3 Å². The fourth-order valence-electron chi connectivity index (χ4n) is 0.982. The summed E-state index contributed by atoms with van der Waals surface area (Å²) in [5, 5.41) is 7.42. The zero-order valence-electron chi connectivity index (χ0n) is 7.41. The molecule has 0 saturated carbocycles. The second-order valence-electron chi connectivity index (χ2n) is 2.58. The molecule has 2 aliphatic heterocycles. The fraction of sp³-hybridized carbons (Fsp3) is 0. The lowest BCUT2D eigenvalue weighted by atomic mass is 10.4. The van der Waals surface area contributed by atoms with Crippen LogP contribution in [0.1, 0.15) is 0 Å². The Morgan fingerprint density at radius 1 is 0.929 bits per heavy atom. The molecule has 68 valence electrons. The topological polar surface area (TPSA) is 50.0 Å². The van der Waals surface area contributed by atoms with E-state index in [-0.39, 0.29) is 0 Å². The summed E-state index contributed by atoms with van der Waals surface area (Å²) in [5.74, 6) is 0. The van der Waals surface area contributed by atoms with Gasteiger partial charge in [0, 0.05) is 18.6 Å². The number of hydrogen-bond acceptors (Lipinski definition) is 4. The minimum absolute atomic E-state index is 0.880. The van der Waals surface area contributed by atoms with Gasteiger partial charge in [0.25, 0.3) is 0 Å². The third-order valence-corrected chi connectivity index (χ3v) is 1.62. The second kappa shape index (κ2) is 4.23. The van der Waals surface area contributed by atoms with Crippen LogP contribution in [0.2, 0.25) is 0 Å². The Labute approximate surface area is 81.4 Å². The van der Waals surface area contributed by atoms with Crippen molar-refractivity contribution in [2.45, 2.75) is 0 Å². The zero-order valence-corrected chi connectivity index (χ0v) is 7.41. The van der Waals surface area contributed by atoms with Crippen LogP contribution in [-0.4, -0.2) is 11.2 Å². The molecule has 0 aliphatic carbocycles. The Kier molecular flexibility index (Phi) is 2.56. The number of aliphatic imine (C=N–C) groups is 1. The number of pyridine rings is 1. The summed E-state index contributed by atoms with van der Waals surface area (Å²) < 4.78 is 0. The lowest BCUT2D eigenvalue weighted by Gasteiger charge is -1.79. The summed E-state index contributed by atoms with van der Waals surface area (Å²) in [6.07, 6.45) is 8.71. The van der Waals surface area contributed by atoms with Crippen molar-refractivity contribution in [2.75, 3.05) is 0 Å². The second-order valence-corrected chi connectivity index (χ2v) is 2.58. The normalized spacial score (nSPS) is 15.4. The van der Waals surface area contributed by atoms with Crippen molar-refractivity contribution in [3.63, 3.8) is 0 Å². The minimum atomic E-state index is 0.880. The van der Waals surface area contributed by atoms with Crippen molar-refractivity contribution < 1.29 is 0 Å². The first-order valence-electron chi connectivity index (χ1n) is 4.17. The first kappa shape index (κ1) is 8.50. The van der Waals surface area contributed by atoms with Crippen molar-refractivity contribution >= 4 is 6.21 Å². The number of aromatic nitrogens is 1. The summed E-state index contributed by atoms with van der Waals surface area (Å²) in [7, 11) is 0. The standard InChI is InChI=1S/C5H3N3.C5H5N/c1-2-6-5-3-7-8-4(1)5;1-2-4-6-5-3-1/h1-3H;1-5H. The third kappa shape index (κ3) is 1.98. The molecule has 0 unspecified atom stereocenters. The monoisotopic (exact) mass is 184 g/mol. The first-order chi connectivity index (χ1) is 6.97. The van der Waals surface area contributed by atoms with Gasteiger partial charge in [0.2, 0.25) is 0 Å². The van der Waals surface area contributed by atoms with Gasteiger partial charge in [0.15, 0.2) is 0 Å². The molecular formula is C10H8N4. The molecule has 0 saturated heterocycles. The van der Waals surface area contributed by atoms with Crippen LogP contribution in [-0.2, 0) is 0 Å². The van der Waals surface area contributed by atoms with Crippen molar-refractivity contribution in [1.29, 1.82) is 0 Å². The van der Waals surface area contributed by atoms with E-state index < -0.39 is 0 Å². The molecule has 0 spiro atoms. The summed E-state index contributed by atoms with van der Waals surface area (Å²) in [6.45, 7) is 0. The third-order valence-electron chi connectivity index (χ3n) is 1.62. The van der Waals surface area contributed by atoms with Gasteiger partial charge in [-0.2, -0.15) is 5.11 Å². The molecule has 14 heavy (non-hydrogen) atoms. The molecule has 0 fully saturated rings. The average Bonchev–Trinajstić information content (AvgIpc) is 2.82. The summed E-state index contributed by atoms with van der Waals surface area (Å²) in [4.78, 5) is 7.74. The van der Waals surface area contributed by atoms with Gasteiger partial charge in [-0.1, -0.05) is 6.07 Å². The van der Waals surface area contributed by atoms with E-state index in [1.54, 1.807) is 24.8 Å². The largest absolute Gasteiger partial charge is 0.265 e.